The molecule has 1 saturated heterocycles. The number of fused-ring (bicyclic) bond motifs is 3. The van der Waals surface area contributed by atoms with E-state index in [9.17, 15) is 9.18 Å². The lowest BCUT2D eigenvalue weighted by molar-refractivity contribution is 0.0737. The van der Waals surface area contributed by atoms with Gasteiger partial charge in [0.15, 0.2) is 11.8 Å². The first-order valence-electron chi connectivity index (χ1n) is 9.87. The van der Waals surface area contributed by atoms with Gasteiger partial charge < -0.3 is 15.0 Å². The van der Waals surface area contributed by atoms with Crippen LogP contribution in [0.15, 0.2) is 24.3 Å². The van der Waals surface area contributed by atoms with Gasteiger partial charge in [-0.3, -0.25) is 4.79 Å². The Kier molecular flexibility index (Phi) is 4.63. The van der Waals surface area contributed by atoms with Crippen molar-refractivity contribution in [2.24, 2.45) is 0 Å². The standard InChI is InChI=1S/C21H21ClFN5O2/c1-11-19(22)12(2)28-20(25-11)14-9-27(10-16(14)26-28)21(29)13-5-3-4-6-17(13)30-18-8-24-7-15(18)23/h3-6,15,18,24H,7-10H2,1-2H3/t15-,18+/m1/s1. The number of alkyl halides is 1. The first-order valence-corrected chi connectivity index (χ1v) is 10.2. The lowest BCUT2D eigenvalue weighted by Crippen LogP contribution is -2.30. The molecule has 2 aliphatic heterocycles. The average molecular weight is 430 g/mol. The van der Waals surface area contributed by atoms with Gasteiger partial charge in [0.2, 0.25) is 0 Å². The van der Waals surface area contributed by atoms with Gasteiger partial charge in [-0.25, -0.2) is 13.9 Å². The molecule has 1 amide bonds. The van der Waals surface area contributed by atoms with E-state index in [0.29, 0.717) is 36.0 Å². The van der Waals surface area contributed by atoms with Crippen LogP contribution >= 0.6 is 11.6 Å². The Balaban J connectivity index is 1.42. The SMILES string of the molecule is Cc1nc2c3c(nn2c(C)c1Cl)CN(C(=O)c1ccccc1O[C@H]1CNC[C@H]1F)C3. The van der Waals surface area contributed by atoms with Crippen LogP contribution in [-0.4, -0.2) is 50.8 Å². The van der Waals surface area contributed by atoms with Gasteiger partial charge in [0.05, 0.1) is 40.8 Å². The van der Waals surface area contributed by atoms with Gasteiger partial charge in [-0.1, -0.05) is 23.7 Å². The molecule has 7 nitrogen and oxygen atoms in total. The van der Waals surface area contributed by atoms with Gasteiger partial charge in [-0.2, -0.15) is 5.10 Å². The van der Waals surface area contributed by atoms with E-state index in [0.717, 1.165) is 28.3 Å². The zero-order valence-electron chi connectivity index (χ0n) is 16.7. The highest BCUT2D eigenvalue weighted by atomic mass is 35.5. The smallest absolute Gasteiger partial charge is 0.258 e. The maximum Gasteiger partial charge on any atom is 0.258 e. The molecule has 2 aliphatic rings. The van der Waals surface area contributed by atoms with E-state index in [2.05, 4.69) is 15.4 Å². The Morgan fingerprint density at radius 2 is 2.07 bits per heavy atom. The summed E-state index contributed by atoms with van der Waals surface area (Å²) in [6.45, 7) is 5.21. The fraction of sp³-hybridized carbons (Fsp3) is 0.381. The molecule has 0 spiro atoms. The van der Waals surface area contributed by atoms with E-state index in [-0.39, 0.29) is 12.5 Å². The Labute approximate surface area is 177 Å². The van der Waals surface area contributed by atoms with Crippen LogP contribution in [0.5, 0.6) is 5.75 Å². The zero-order valence-corrected chi connectivity index (χ0v) is 17.4. The van der Waals surface area contributed by atoms with Gasteiger partial charge >= 0.3 is 0 Å². The van der Waals surface area contributed by atoms with Crippen molar-refractivity contribution in [1.29, 1.82) is 0 Å². The lowest BCUT2D eigenvalue weighted by Gasteiger charge is -2.21. The number of rotatable bonds is 3. The normalized spacial score (nSPS) is 20.7. The van der Waals surface area contributed by atoms with Crippen LogP contribution < -0.4 is 10.1 Å². The summed E-state index contributed by atoms with van der Waals surface area (Å²) in [4.78, 5) is 19.6. The summed E-state index contributed by atoms with van der Waals surface area (Å²) in [6, 6.07) is 6.98. The zero-order chi connectivity index (χ0) is 21.0. The number of carbonyl (C=O) groups is 1. The highest BCUT2D eigenvalue weighted by Crippen LogP contribution is 2.31. The summed E-state index contributed by atoms with van der Waals surface area (Å²) in [7, 11) is 0. The number of benzene rings is 1. The summed E-state index contributed by atoms with van der Waals surface area (Å²) >= 11 is 6.30. The second-order valence-corrected chi connectivity index (χ2v) is 8.12. The fourth-order valence-electron chi connectivity index (χ4n) is 4.07. The number of hydrogen-bond acceptors (Lipinski definition) is 5. The summed E-state index contributed by atoms with van der Waals surface area (Å²) in [5.74, 6) is 0.222. The third-order valence-electron chi connectivity index (χ3n) is 5.73. The molecular weight excluding hydrogens is 409 g/mol. The second-order valence-electron chi connectivity index (χ2n) is 7.75. The van der Waals surface area contributed by atoms with E-state index < -0.39 is 12.3 Å². The van der Waals surface area contributed by atoms with Gasteiger partial charge in [-0.05, 0) is 26.0 Å². The van der Waals surface area contributed by atoms with Gasteiger partial charge in [0.25, 0.3) is 5.91 Å². The van der Waals surface area contributed by atoms with Crippen LogP contribution in [0.25, 0.3) is 5.65 Å². The third-order valence-corrected chi connectivity index (χ3v) is 6.27. The van der Waals surface area contributed by atoms with E-state index in [1.165, 1.54) is 0 Å². The van der Waals surface area contributed by atoms with Crippen LogP contribution in [0.4, 0.5) is 4.39 Å². The molecule has 5 rings (SSSR count). The lowest BCUT2D eigenvalue weighted by atomic mass is 10.1. The molecule has 0 radical (unpaired) electrons. The largest absolute Gasteiger partial charge is 0.485 e. The molecule has 1 fully saturated rings. The highest BCUT2D eigenvalue weighted by Gasteiger charge is 2.33. The van der Waals surface area contributed by atoms with Crippen molar-refractivity contribution in [3.63, 3.8) is 0 Å². The van der Waals surface area contributed by atoms with Crippen molar-refractivity contribution in [3.05, 3.63) is 57.5 Å². The van der Waals surface area contributed by atoms with Gasteiger partial charge in [0, 0.05) is 18.7 Å². The first-order chi connectivity index (χ1) is 14.4. The molecule has 156 valence electrons. The molecule has 3 aromatic rings. The maximum absolute atomic E-state index is 14.0. The molecule has 9 heteroatoms. The highest BCUT2D eigenvalue weighted by molar-refractivity contribution is 6.31. The summed E-state index contributed by atoms with van der Waals surface area (Å²) < 4.78 is 21.6. The van der Waals surface area contributed by atoms with Crippen molar-refractivity contribution in [1.82, 2.24) is 24.8 Å². The summed E-state index contributed by atoms with van der Waals surface area (Å²) in [6.07, 6.45) is -1.69. The summed E-state index contributed by atoms with van der Waals surface area (Å²) in [5.41, 5.74) is 4.44. The monoisotopic (exact) mass is 429 g/mol. The number of para-hydroxylation sites is 1. The molecule has 2 atom stereocenters. The number of nitrogens with zero attached hydrogens (tertiary/aromatic N) is 4. The molecule has 1 N–H and O–H groups in total. The number of aromatic nitrogens is 3. The number of carbonyl (C=O) groups excluding carboxylic acids is 1. The number of ether oxygens (including phenoxy) is 1. The Morgan fingerprint density at radius 3 is 2.83 bits per heavy atom. The number of amides is 1. The quantitative estimate of drug-likeness (QED) is 0.693. The van der Waals surface area contributed by atoms with Crippen LogP contribution in [0.2, 0.25) is 5.02 Å². The first kappa shape index (κ1) is 19.3. The maximum atomic E-state index is 14.0. The van der Waals surface area contributed by atoms with Gasteiger partial charge in [0.1, 0.15) is 11.9 Å². The molecule has 0 saturated carbocycles. The minimum atomic E-state index is -1.10. The van der Waals surface area contributed by atoms with Crippen molar-refractivity contribution < 1.29 is 13.9 Å². The Hall–Kier alpha value is -2.71. The fourth-order valence-corrected chi connectivity index (χ4v) is 4.20. The Bertz CT molecular complexity index is 1160. The Morgan fingerprint density at radius 1 is 1.27 bits per heavy atom. The van der Waals surface area contributed by atoms with Crippen molar-refractivity contribution in [3.8, 4) is 5.75 Å². The van der Waals surface area contributed by atoms with E-state index in [1.807, 2.05) is 13.8 Å². The summed E-state index contributed by atoms with van der Waals surface area (Å²) in [5, 5.41) is 8.18. The van der Waals surface area contributed by atoms with Gasteiger partial charge in [-0.15, -0.1) is 0 Å². The number of hydrogen-bond donors (Lipinski definition) is 1. The van der Waals surface area contributed by atoms with Crippen molar-refractivity contribution >= 4 is 23.2 Å². The predicted octanol–water partition coefficient (Wildman–Crippen LogP) is 2.84. The van der Waals surface area contributed by atoms with Crippen LogP contribution in [0.3, 0.4) is 0 Å². The predicted molar refractivity (Wildman–Crippen MR) is 110 cm³/mol. The van der Waals surface area contributed by atoms with Crippen molar-refractivity contribution in [2.75, 3.05) is 13.1 Å². The topological polar surface area (TPSA) is 71.8 Å². The molecule has 0 aliphatic carbocycles. The van der Waals surface area contributed by atoms with Crippen LogP contribution in [0, 0.1) is 13.8 Å². The van der Waals surface area contributed by atoms with Crippen LogP contribution in [0.1, 0.15) is 33.0 Å². The minimum Gasteiger partial charge on any atom is -0.485 e. The number of nitrogens with one attached hydrogen (secondary N) is 1. The molecule has 0 unspecified atom stereocenters. The van der Waals surface area contributed by atoms with E-state index in [1.54, 1.807) is 33.7 Å². The van der Waals surface area contributed by atoms with E-state index >= 15 is 0 Å². The molecule has 4 heterocycles. The van der Waals surface area contributed by atoms with Crippen LogP contribution in [-0.2, 0) is 13.1 Å². The van der Waals surface area contributed by atoms with Crippen molar-refractivity contribution in [2.45, 2.75) is 39.2 Å². The minimum absolute atomic E-state index is 0.175. The van der Waals surface area contributed by atoms with E-state index in [4.69, 9.17) is 16.3 Å². The molecule has 30 heavy (non-hydrogen) atoms. The number of aryl methyl sites for hydroxylation is 2. The molecule has 1 aromatic carbocycles. The molecule has 2 aromatic heterocycles. The number of halogens is 2. The second kappa shape index (κ2) is 7.21. The molecular formula is C21H21ClFN5O2. The third kappa shape index (κ3) is 3.02. The average Bonchev–Trinajstić information content (AvgIpc) is 3.42. The molecule has 0 bridgehead atoms.